The van der Waals surface area contributed by atoms with Gasteiger partial charge in [-0.15, -0.1) is 0 Å². The molecular weight excluding hydrogens is 368 g/mol. The van der Waals surface area contributed by atoms with Crippen molar-refractivity contribution in [2.75, 3.05) is 36.5 Å². The van der Waals surface area contributed by atoms with E-state index in [9.17, 15) is 9.59 Å². The molecule has 154 valence electrons. The number of aryl methyl sites for hydroxylation is 1. The first kappa shape index (κ1) is 20.9. The molecular formula is C23H28N2O4. The van der Waals surface area contributed by atoms with E-state index < -0.39 is 6.10 Å². The average Bonchev–Trinajstić information content (AvgIpc) is 2.74. The second kappa shape index (κ2) is 10.1. The van der Waals surface area contributed by atoms with Crippen LogP contribution in [0.1, 0.15) is 25.8 Å². The molecule has 1 atom stereocenters. The molecule has 2 aromatic carbocycles. The normalized spacial score (nSPS) is 14.9. The minimum atomic E-state index is -0.628. The van der Waals surface area contributed by atoms with Gasteiger partial charge in [0.1, 0.15) is 11.5 Å². The third kappa shape index (κ3) is 6.32. The Morgan fingerprint density at radius 3 is 2.34 bits per heavy atom. The van der Waals surface area contributed by atoms with Crippen molar-refractivity contribution in [2.24, 2.45) is 0 Å². The second-order valence-corrected chi connectivity index (χ2v) is 7.24. The number of morpholine rings is 1. The summed E-state index contributed by atoms with van der Waals surface area (Å²) in [5.74, 6) is 0.597. The van der Waals surface area contributed by atoms with Gasteiger partial charge in [-0.05, 0) is 62.2 Å². The topological polar surface area (TPSA) is 67.9 Å². The Hall–Kier alpha value is -2.86. The van der Waals surface area contributed by atoms with E-state index in [2.05, 4.69) is 10.2 Å². The van der Waals surface area contributed by atoms with Crippen LogP contribution in [0.4, 0.5) is 11.4 Å². The molecule has 0 aromatic heterocycles. The SMILES string of the molecule is CC(=O)CCc1ccc(O[C@@H](C)C(=O)Nc2ccc(N3CCOCC3)cc2)cc1. The number of nitrogens with zero attached hydrogens (tertiary/aromatic N) is 1. The fourth-order valence-electron chi connectivity index (χ4n) is 3.13. The predicted molar refractivity (Wildman–Crippen MR) is 114 cm³/mol. The third-order valence-electron chi connectivity index (χ3n) is 4.88. The molecule has 1 N–H and O–H groups in total. The van der Waals surface area contributed by atoms with Crippen molar-refractivity contribution in [3.05, 3.63) is 54.1 Å². The van der Waals surface area contributed by atoms with Crippen molar-refractivity contribution >= 4 is 23.1 Å². The summed E-state index contributed by atoms with van der Waals surface area (Å²) in [6.07, 6.45) is 0.618. The monoisotopic (exact) mass is 396 g/mol. The van der Waals surface area contributed by atoms with Crippen LogP contribution in [-0.2, 0) is 20.7 Å². The average molecular weight is 396 g/mol. The zero-order valence-electron chi connectivity index (χ0n) is 17.0. The van der Waals surface area contributed by atoms with E-state index in [0.29, 0.717) is 18.6 Å². The molecule has 0 unspecified atom stereocenters. The molecule has 1 fully saturated rings. The van der Waals surface area contributed by atoms with Gasteiger partial charge in [0.15, 0.2) is 6.10 Å². The third-order valence-corrected chi connectivity index (χ3v) is 4.88. The van der Waals surface area contributed by atoms with Gasteiger partial charge in [0, 0.05) is 30.9 Å². The minimum absolute atomic E-state index is 0.175. The number of carbonyl (C=O) groups excluding carboxylic acids is 2. The number of rotatable bonds is 8. The van der Waals surface area contributed by atoms with Crippen LogP contribution in [0.2, 0.25) is 0 Å². The van der Waals surface area contributed by atoms with E-state index in [-0.39, 0.29) is 11.7 Å². The smallest absolute Gasteiger partial charge is 0.265 e. The summed E-state index contributed by atoms with van der Waals surface area (Å²) in [6, 6.07) is 15.3. The molecule has 1 saturated heterocycles. The maximum absolute atomic E-state index is 12.4. The molecule has 1 aliphatic heterocycles. The molecule has 0 spiro atoms. The Balaban J connectivity index is 1.50. The second-order valence-electron chi connectivity index (χ2n) is 7.24. The zero-order chi connectivity index (χ0) is 20.6. The lowest BCUT2D eigenvalue weighted by molar-refractivity contribution is -0.122. The van der Waals surface area contributed by atoms with Crippen LogP contribution in [0.25, 0.3) is 0 Å². The van der Waals surface area contributed by atoms with Gasteiger partial charge in [0.25, 0.3) is 5.91 Å². The first-order valence-electron chi connectivity index (χ1n) is 10.00. The Morgan fingerprint density at radius 1 is 1.07 bits per heavy atom. The summed E-state index contributed by atoms with van der Waals surface area (Å²) < 4.78 is 11.1. The molecule has 1 heterocycles. The number of hydrogen-bond donors (Lipinski definition) is 1. The van der Waals surface area contributed by atoms with Crippen molar-refractivity contribution in [2.45, 2.75) is 32.8 Å². The molecule has 1 amide bonds. The fourth-order valence-corrected chi connectivity index (χ4v) is 3.13. The van der Waals surface area contributed by atoms with E-state index in [1.165, 1.54) is 0 Å². The van der Waals surface area contributed by atoms with Gasteiger partial charge in [-0.2, -0.15) is 0 Å². The van der Waals surface area contributed by atoms with Crippen molar-refractivity contribution in [1.29, 1.82) is 0 Å². The van der Waals surface area contributed by atoms with Gasteiger partial charge in [-0.3, -0.25) is 4.79 Å². The molecule has 3 rings (SSSR count). The predicted octanol–water partition coefficient (Wildman–Crippen LogP) is 3.45. The Morgan fingerprint density at radius 2 is 1.72 bits per heavy atom. The molecule has 0 saturated carbocycles. The number of anilines is 2. The van der Waals surface area contributed by atoms with Gasteiger partial charge in [0.05, 0.1) is 13.2 Å². The van der Waals surface area contributed by atoms with E-state index in [4.69, 9.17) is 9.47 Å². The Bertz CT molecular complexity index is 812. The molecule has 0 aliphatic carbocycles. The number of amides is 1. The lowest BCUT2D eigenvalue weighted by Crippen LogP contribution is -2.36. The minimum Gasteiger partial charge on any atom is -0.481 e. The van der Waals surface area contributed by atoms with E-state index >= 15 is 0 Å². The number of ketones is 1. The molecule has 29 heavy (non-hydrogen) atoms. The summed E-state index contributed by atoms with van der Waals surface area (Å²) in [5, 5.41) is 2.89. The van der Waals surface area contributed by atoms with Gasteiger partial charge in [-0.1, -0.05) is 12.1 Å². The lowest BCUT2D eigenvalue weighted by Gasteiger charge is -2.29. The van der Waals surface area contributed by atoms with Crippen molar-refractivity contribution in [1.82, 2.24) is 0 Å². The van der Waals surface area contributed by atoms with Gasteiger partial charge < -0.3 is 24.5 Å². The number of hydrogen-bond acceptors (Lipinski definition) is 5. The molecule has 0 bridgehead atoms. The molecule has 6 nitrogen and oxygen atoms in total. The van der Waals surface area contributed by atoms with E-state index in [1.54, 1.807) is 13.8 Å². The maximum Gasteiger partial charge on any atom is 0.265 e. The summed E-state index contributed by atoms with van der Waals surface area (Å²) >= 11 is 0. The highest BCUT2D eigenvalue weighted by Gasteiger charge is 2.16. The first-order chi connectivity index (χ1) is 14.0. The van der Waals surface area contributed by atoms with Crippen LogP contribution in [0.15, 0.2) is 48.5 Å². The highest BCUT2D eigenvalue weighted by molar-refractivity contribution is 5.94. The van der Waals surface area contributed by atoms with Crippen LogP contribution in [0, 0.1) is 0 Å². The number of carbonyl (C=O) groups is 2. The van der Waals surface area contributed by atoms with E-state index in [0.717, 1.165) is 43.2 Å². The number of ether oxygens (including phenoxy) is 2. The fraction of sp³-hybridized carbons (Fsp3) is 0.391. The molecule has 0 radical (unpaired) electrons. The summed E-state index contributed by atoms with van der Waals surface area (Å²) in [5.41, 5.74) is 2.94. The van der Waals surface area contributed by atoms with Gasteiger partial charge in [0.2, 0.25) is 0 Å². The van der Waals surface area contributed by atoms with Gasteiger partial charge >= 0.3 is 0 Å². The Labute approximate surface area is 171 Å². The largest absolute Gasteiger partial charge is 0.481 e. The zero-order valence-corrected chi connectivity index (χ0v) is 17.0. The van der Waals surface area contributed by atoms with Crippen LogP contribution in [0.5, 0.6) is 5.75 Å². The number of Topliss-reactive ketones (excluding diaryl/α,β-unsaturated/α-hetero) is 1. The summed E-state index contributed by atoms with van der Waals surface area (Å²) in [6.45, 7) is 6.55. The van der Waals surface area contributed by atoms with Crippen molar-refractivity contribution < 1.29 is 19.1 Å². The molecule has 2 aromatic rings. The quantitative estimate of drug-likeness (QED) is 0.740. The van der Waals surface area contributed by atoms with Crippen LogP contribution in [0.3, 0.4) is 0 Å². The summed E-state index contributed by atoms with van der Waals surface area (Å²) in [4.78, 5) is 25.8. The highest BCUT2D eigenvalue weighted by atomic mass is 16.5. The first-order valence-corrected chi connectivity index (χ1v) is 10.00. The van der Waals surface area contributed by atoms with Gasteiger partial charge in [-0.25, -0.2) is 0 Å². The number of nitrogens with one attached hydrogen (secondary N) is 1. The maximum atomic E-state index is 12.4. The van der Waals surface area contributed by atoms with E-state index in [1.807, 2.05) is 48.5 Å². The van der Waals surface area contributed by atoms with Crippen LogP contribution in [-0.4, -0.2) is 44.1 Å². The standard InChI is InChI=1S/C23H28N2O4/c1-17(26)3-4-19-5-11-22(12-6-19)29-18(2)23(27)24-20-7-9-21(10-8-20)25-13-15-28-16-14-25/h5-12,18H,3-4,13-16H2,1-2H3,(H,24,27)/t18-/m0/s1. The van der Waals surface area contributed by atoms with Crippen molar-refractivity contribution in [3.63, 3.8) is 0 Å². The summed E-state index contributed by atoms with van der Waals surface area (Å²) in [7, 11) is 0. The van der Waals surface area contributed by atoms with Crippen LogP contribution >= 0.6 is 0 Å². The Kier molecular flexibility index (Phi) is 7.25. The lowest BCUT2D eigenvalue weighted by atomic mass is 10.1. The molecule has 1 aliphatic rings. The number of benzene rings is 2. The molecule has 6 heteroatoms. The van der Waals surface area contributed by atoms with Crippen molar-refractivity contribution in [3.8, 4) is 5.75 Å². The van der Waals surface area contributed by atoms with Crippen LogP contribution < -0.4 is 15.0 Å². The highest BCUT2D eigenvalue weighted by Crippen LogP contribution is 2.20.